The van der Waals surface area contributed by atoms with Gasteiger partial charge in [-0.25, -0.2) is 0 Å². The SMILES string of the molecule is COc1cc(C)c(NC(=O)C2CCCC(C(F)(F)F)C2)cc1OC. The smallest absolute Gasteiger partial charge is 0.391 e. The van der Waals surface area contributed by atoms with Gasteiger partial charge in [0.1, 0.15) is 0 Å². The number of rotatable bonds is 4. The van der Waals surface area contributed by atoms with E-state index in [1.165, 1.54) is 14.2 Å². The molecule has 0 heterocycles. The summed E-state index contributed by atoms with van der Waals surface area (Å²) in [4.78, 5) is 12.4. The third-order valence-corrected chi connectivity index (χ3v) is 4.50. The fourth-order valence-corrected chi connectivity index (χ4v) is 3.08. The van der Waals surface area contributed by atoms with E-state index in [0.29, 0.717) is 30.0 Å². The summed E-state index contributed by atoms with van der Waals surface area (Å²) in [6.07, 6.45) is -3.40. The lowest BCUT2D eigenvalue weighted by Gasteiger charge is -2.30. The van der Waals surface area contributed by atoms with Crippen molar-refractivity contribution in [2.75, 3.05) is 19.5 Å². The molecule has 24 heavy (non-hydrogen) atoms. The zero-order chi connectivity index (χ0) is 17.9. The van der Waals surface area contributed by atoms with Gasteiger partial charge in [0.15, 0.2) is 11.5 Å². The first-order valence-electron chi connectivity index (χ1n) is 7.86. The molecule has 1 fully saturated rings. The van der Waals surface area contributed by atoms with Gasteiger partial charge >= 0.3 is 6.18 Å². The largest absolute Gasteiger partial charge is 0.493 e. The second-order valence-corrected chi connectivity index (χ2v) is 6.11. The first kappa shape index (κ1) is 18.4. The van der Waals surface area contributed by atoms with Gasteiger partial charge < -0.3 is 14.8 Å². The van der Waals surface area contributed by atoms with Gasteiger partial charge in [0.2, 0.25) is 5.91 Å². The van der Waals surface area contributed by atoms with Gasteiger partial charge in [0.05, 0.1) is 20.1 Å². The van der Waals surface area contributed by atoms with Crippen molar-refractivity contribution in [1.82, 2.24) is 0 Å². The molecular formula is C17H22F3NO3. The zero-order valence-corrected chi connectivity index (χ0v) is 14.0. The van der Waals surface area contributed by atoms with Gasteiger partial charge in [-0.1, -0.05) is 6.42 Å². The average Bonchev–Trinajstić information content (AvgIpc) is 2.55. The highest BCUT2D eigenvalue weighted by Gasteiger charge is 2.43. The third kappa shape index (κ3) is 4.13. The van der Waals surface area contributed by atoms with Gasteiger partial charge in [0.25, 0.3) is 0 Å². The molecule has 1 aliphatic rings. The van der Waals surface area contributed by atoms with Crippen LogP contribution >= 0.6 is 0 Å². The van der Waals surface area contributed by atoms with E-state index in [9.17, 15) is 18.0 Å². The van der Waals surface area contributed by atoms with Crippen LogP contribution in [0.4, 0.5) is 18.9 Å². The quantitative estimate of drug-likeness (QED) is 0.884. The van der Waals surface area contributed by atoms with Crippen molar-refractivity contribution >= 4 is 11.6 Å². The summed E-state index contributed by atoms with van der Waals surface area (Å²) in [6.45, 7) is 1.79. The number of anilines is 1. The Kier molecular flexibility index (Phi) is 5.62. The van der Waals surface area contributed by atoms with Crippen molar-refractivity contribution in [3.8, 4) is 11.5 Å². The summed E-state index contributed by atoms with van der Waals surface area (Å²) in [6, 6.07) is 3.34. The summed E-state index contributed by atoms with van der Waals surface area (Å²) in [5, 5.41) is 2.74. The molecule has 1 N–H and O–H groups in total. The first-order chi connectivity index (χ1) is 11.3. The van der Waals surface area contributed by atoms with E-state index in [-0.39, 0.29) is 18.7 Å². The van der Waals surface area contributed by atoms with E-state index >= 15 is 0 Å². The number of hydrogen-bond acceptors (Lipinski definition) is 3. The van der Waals surface area contributed by atoms with E-state index in [0.717, 1.165) is 5.56 Å². The minimum absolute atomic E-state index is 0.0999. The standard InChI is InChI=1S/C17H22F3NO3/c1-10-7-14(23-2)15(24-3)9-13(10)21-16(22)11-5-4-6-12(8-11)17(18,19)20/h7,9,11-12H,4-6,8H2,1-3H3,(H,21,22). The summed E-state index contributed by atoms with van der Waals surface area (Å²) in [5.74, 6) is -1.41. The Morgan fingerprint density at radius 2 is 1.79 bits per heavy atom. The highest BCUT2D eigenvalue weighted by molar-refractivity contribution is 5.93. The Bertz CT molecular complexity index is 601. The van der Waals surface area contributed by atoms with Gasteiger partial charge in [-0.15, -0.1) is 0 Å². The Balaban J connectivity index is 2.12. The van der Waals surface area contributed by atoms with Crippen molar-refractivity contribution in [2.24, 2.45) is 11.8 Å². The summed E-state index contributed by atoms with van der Waals surface area (Å²) in [5.41, 5.74) is 1.27. The van der Waals surface area contributed by atoms with E-state index < -0.39 is 18.0 Å². The Morgan fingerprint density at radius 3 is 2.38 bits per heavy atom. The van der Waals surface area contributed by atoms with E-state index in [1.54, 1.807) is 19.1 Å². The van der Waals surface area contributed by atoms with Crippen molar-refractivity contribution < 1.29 is 27.4 Å². The van der Waals surface area contributed by atoms with Crippen LogP contribution in [0.25, 0.3) is 0 Å². The van der Waals surface area contributed by atoms with Gasteiger partial charge in [-0.05, 0) is 37.8 Å². The number of carbonyl (C=O) groups excluding carboxylic acids is 1. The number of alkyl halides is 3. The van der Waals surface area contributed by atoms with Gasteiger partial charge in [0, 0.05) is 17.7 Å². The number of amides is 1. The lowest BCUT2D eigenvalue weighted by Crippen LogP contribution is -2.34. The molecule has 134 valence electrons. The van der Waals surface area contributed by atoms with Gasteiger partial charge in [-0.2, -0.15) is 13.2 Å². The monoisotopic (exact) mass is 345 g/mol. The van der Waals surface area contributed by atoms with Crippen molar-refractivity contribution in [2.45, 2.75) is 38.8 Å². The van der Waals surface area contributed by atoms with E-state index in [2.05, 4.69) is 5.32 Å². The number of ether oxygens (including phenoxy) is 2. The molecule has 0 aromatic heterocycles. The number of nitrogens with one attached hydrogen (secondary N) is 1. The van der Waals surface area contributed by atoms with Crippen LogP contribution < -0.4 is 14.8 Å². The molecular weight excluding hydrogens is 323 g/mol. The molecule has 2 rings (SSSR count). The fraction of sp³-hybridized carbons (Fsp3) is 0.588. The lowest BCUT2D eigenvalue weighted by molar-refractivity contribution is -0.185. The molecule has 4 nitrogen and oxygen atoms in total. The molecule has 1 aliphatic carbocycles. The molecule has 2 unspecified atom stereocenters. The van der Waals surface area contributed by atoms with Crippen molar-refractivity contribution in [3.05, 3.63) is 17.7 Å². The maximum absolute atomic E-state index is 12.9. The van der Waals surface area contributed by atoms with Gasteiger partial charge in [-0.3, -0.25) is 4.79 Å². The summed E-state index contributed by atoms with van der Waals surface area (Å²) < 4.78 is 49.0. The Hall–Kier alpha value is -1.92. The van der Waals surface area contributed by atoms with Crippen LogP contribution in [0.3, 0.4) is 0 Å². The Labute approximate surface area is 139 Å². The second kappa shape index (κ2) is 7.32. The number of benzene rings is 1. The number of hydrogen-bond donors (Lipinski definition) is 1. The second-order valence-electron chi connectivity index (χ2n) is 6.11. The third-order valence-electron chi connectivity index (χ3n) is 4.50. The molecule has 1 saturated carbocycles. The normalized spacial score (nSPS) is 21.2. The highest BCUT2D eigenvalue weighted by atomic mass is 19.4. The molecule has 1 amide bonds. The predicted molar refractivity (Wildman–Crippen MR) is 84.4 cm³/mol. The molecule has 0 saturated heterocycles. The molecule has 0 spiro atoms. The molecule has 1 aromatic rings. The average molecular weight is 345 g/mol. The summed E-state index contributed by atoms with van der Waals surface area (Å²) >= 11 is 0. The lowest BCUT2D eigenvalue weighted by atomic mass is 9.80. The molecule has 0 bridgehead atoms. The van der Waals surface area contributed by atoms with Crippen LogP contribution in [-0.4, -0.2) is 26.3 Å². The van der Waals surface area contributed by atoms with Crippen LogP contribution in [-0.2, 0) is 4.79 Å². The molecule has 0 aliphatic heterocycles. The number of halogens is 3. The highest BCUT2D eigenvalue weighted by Crippen LogP contribution is 2.40. The predicted octanol–water partition coefficient (Wildman–Crippen LogP) is 4.32. The maximum Gasteiger partial charge on any atom is 0.391 e. The first-order valence-corrected chi connectivity index (χ1v) is 7.86. The van der Waals surface area contributed by atoms with Crippen LogP contribution in [0, 0.1) is 18.8 Å². The molecule has 7 heteroatoms. The fourth-order valence-electron chi connectivity index (χ4n) is 3.08. The summed E-state index contributed by atoms with van der Waals surface area (Å²) in [7, 11) is 2.99. The van der Waals surface area contributed by atoms with Crippen LogP contribution in [0.1, 0.15) is 31.2 Å². The zero-order valence-electron chi connectivity index (χ0n) is 14.0. The molecule has 2 atom stereocenters. The topological polar surface area (TPSA) is 47.6 Å². The number of methoxy groups -OCH3 is 2. The molecule has 1 aromatic carbocycles. The number of aryl methyl sites for hydroxylation is 1. The minimum Gasteiger partial charge on any atom is -0.493 e. The number of carbonyl (C=O) groups is 1. The van der Waals surface area contributed by atoms with Crippen molar-refractivity contribution in [1.29, 1.82) is 0 Å². The maximum atomic E-state index is 12.9. The van der Waals surface area contributed by atoms with Crippen LogP contribution in [0.2, 0.25) is 0 Å². The van der Waals surface area contributed by atoms with Crippen molar-refractivity contribution in [3.63, 3.8) is 0 Å². The minimum atomic E-state index is -4.24. The van der Waals surface area contributed by atoms with Crippen LogP contribution in [0.5, 0.6) is 11.5 Å². The van der Waals surface area contributed by atoms with E-state index in [4.69, 9.17) is 9.47 Å². The van der Waals surface area contributed by atoms with Crippen LogP contribution in [0.15, 0.2) is 12.1 Å². The van der Waals surface area contributed by atoms with E-state index in [1.807, 2.05) is 0 Å². The molecule has 0 radical (unpaired) electrons. The Morgan fingerprint density at radius 1 is 1.17 bits per heavy atom.